The monoisotopic (exact) mass is 360 g/mol. The van der Waals surface area contributed by atoms with E-state index < -0.39 is 23.7 Å². The van der Waals surface area contributed by atoms with Gasteiger partial charge in [-0.2, -0.15) is 0 Å². The van der Waals surface area contributed by atoms with Crippen LogP contribution in [0.3, 0.4) is 0 Å². The average molecular weight is 360 g/mol. The Kier molecular flexibility index (Phi) is 4.97. The van der Waals surface area contributed by atoms with E-state index in [4.69, 9.17) is 18.9 Å². The van der Waals surface area contributed by atoms with Crippen LogP contribution in [0.1, 0.15) is 44.6 Å². The van der Waals surface area contributed by atoms with Crippen molar-refractivity contribution >= 4 is 24.0 Å². The number of hydrogen-bond acceptors (Lipinski definition) is 7. The molecule has 7 nitrogen and oxygen atoms in total. The van der Waals surface area contributed by atoms with E-state index in [0.29, 0.717) is 24.2 Å². The second-order valence-electron chi connectivity index (χ2n) is 6.31. The second kappa shape index (κ2) is 7.19. The van der Waals surface area contributed by atoms with Crippen molar-refractivity contribution in [1.82, 2.24) is 0 Å². The van der Waals surface area contributed by atoms with E-state index in [2.05, 4.69) is 0 Å². The highest BCUT2D eigenvalue weighted by Gasteiger charge is 2.46. The van der Waals surface area contributed by atoms with Gasteiger partial charge >= 0.3 is 17.9 Å². The highest BCUT2D eigenvalue weighted by atomic mass is 16.7. The average Bonchev–Trinajstić information content (AvgIpc) is 2.59. The summed E-state index contributed by atoms with van der Waals surface area (Å²) in [7, 11) is 1.43. The van der Waals surface area contributed by atoms with E-state index in [1.165, 1.54) is 26.2 Å². The van der Waals surface area contributed by atoms with Gasteiger partial charge in [-0.15, -0.1) is 0 Å². The summed E-state index contributed by atoms with van der Waals surface area (Å²) < 4.78 is 21.1. The summed E-state index contributed by atoms with van der Waals surface area (Å²) in [6.45, 7) is 1.28. The van der Waals surface area contributed by atoms with Gasteiger partial charge in [0, 0.05) is 19.8 Å². The molecule has 0 bridgehead atoms. The molecule has 0 unspecified atom stereocenters. The van der Waals surface area contributed by atoms with Gasteiger partial charge in [0.2, 0.25) is 0 Å². The first-order valence-electron chi connectivity index (χ1n) is 8.47. The summed E-state index contributed by atoms with van der Waals surface area (Å²) in [5.74, 6) is -2.42. The molecule has 2 fully saturated rings. The number of hydrogen-bond donors (Lipinski definition) is 0. The van der Waals surface area contributed by atoms with E-state index in [1.54, 1.807) is 12.1 Å². The maximum atomic E-state index is 12.4. The van der Waals surface area contributed by atoms with Crippen LogP contribution in [0.25, 0.3) is 6.08 Å². The second-order valence-corrected chi connectivity index (χ2v) is 6.31. The Morgan fingerprint density at radius 1 is 1.08 bits per heavy atom. The summed E-state index contributed by atoms with van der Waals surface area (Å²) in [5.41, 5.74) is 0.338. The van der Waals surface area contributed by atoms with Gasteiger partial charge in [0.1, 0.15) is 5.57 Å². The van der Waals surface area contributed by atoms with Gasteiger partial charge in [-0.25, -0.2) is 9.59 Å². The zero-order valence-corrected chi connectivity index (χ0v) is 14.7. The van der Waals surface area contributed by atoms with Crippen LogP contribution in [0.5, 0.6) is 11.5 Å². The van der Waals surface area contributed by atoms with Crippen molar-refractivity contribution in [2.24, 2.45) is 0 Å². The van der Waals surface area contributed by atoms with Crippen molar-refractivity contribution in [2.75, 3.05) is 7.11 Å². The number of esters is 3. The van der Waals surface area contributed by atoms with Gasteiger partial charge in [0.25, 0.3) is 5.79 Å². The van der Waals surface area contributed by atoms with Crippen molar-refractivity contribution in [1.29, 1.82) is 0 Å². The van der Waals surface area contributed by atoms with Crippen LogP contribution in [0, 0.1) is 0 Å². The predicted molar refractivity (Wildman–Crippen MR) is 90.3 cm³/mol. The third-order valence-corrected chi connectivity index (χ3v) is 4.36. The first-order chi connectivity index (χ1) is 12.4. The van der Waals surface area contributed by atoms with Crippen LogP contribution in [-0.4, -0.2) is 30.8 Å². The lowest BCUT2D eigenvalue weighted by Gasteiger charge is -2.38. The molecule has 0 aromatic heterocycles. The number of benzene rings is 1. The fourth-order valence-corrected chi connectivity index (χ4v) is 3.14. The summed E-state index contributed by atoms with van der Waals surface area (Å²) in [4.78, 5) is 35.8. The molecular weight excluding hydrogens is 340 g/mol. The highest BCUT2D eigenvalue weighted by Crippen LogP contribution is 2.37. The first kappa shape index (κ1) is 18.0. The van der Waals surface area contributed by atoms with E-state index >= 15 is 0 Å². The molecule has 0 atom stereocenters. The smallest absolute Gasteiger partial charge is 0.348 e. The van der Waals surface area contributed by atoms with Gasteiger partial charge in [-0.3, -0.25) is 4.79 Å². The maximum Gasteiger partial charge on any atom is 0.348 e. The minimum Gasteiger partial charge on any atom is -0.493 e. The quantitative estimate of drug-likeness (QED) is 0.354. The van der Waals surface area contributed by atoms with Gasteiger partial charge in [-0.05, 0) is 36.6 Å². The van der Waals surface area contributed by atoms with Crippen molar-refractivity contribution in [3.8, 4) is 11.5 Å². The molecule has 1 heterocycles. The Labute approximate surface area is 150 Å². The minimum atomic E-state index is -1.11. The van der Waals surface area contributed by atoms with Crippen LogP contribution in [0.15, 0.2) is 23.8 Å². The van der Waals surface area contributed by atoms with Crippen LogP contribution in [0.2, 0.25) is 0 Å². The summed E-state index contributed by atoms with van der Waals surface area (Å²) in [6, 6.07) is 4.67. The topological polar surface area (TPSA) is 88.1 Å². The van der Waals surface area contributed by atoms with Crippen LogP contribution < -0.4 is 9.47 Å². The number of ether oxygens (including phenoxy) is 4. The Bertz CT molecular complexity index is 750. The van der Waals surface area contributed by atoms with Crippen molar-refractivity contribution in [2.45, 2.75) is 44.8 Å². The van der Waals surface area contributed by atoms with Crippen molar-refractivity contribution in [3.05, 3.63) is 29.3 Å². The Morgan fingerprint density at radius 2 is 1.73 bits per heavy atom. The molecule has 1 saturated carbocycles. The van der Waals surface area contributed by atoms with E-state index in [9.17, 15) is 14.4 Å². The molecule has 0 N–H and O–H groups in total. The van der Waals surface area contributed by atoms with Crippen molar-refractivity contribution < 1.29 is 33.3 Å². The number of carbonyl (C=O) groups excluding carboxylic acids is 3. The normalized spacial score (nSPS) is 18.8. The lowest BCUT2D eigenvalue weighted by atomic mass is 9.93. The third kappa shape index (κ3) is 3.71. The molecule has 3 rings (SSSR count). The summed E-state index contributed by atoms with van der Waals surface area (Å²) in [5, 5.41) is 0. The molecule has 1 saturated heterocycles. The van der Waals surface area contributed by atoms with Gasteiger partial charge in [0.05, 0.1) is 7.11 Å². The molecule has 1 aromatic rings. The van der Waals surface area contributed by atoms with Gasteiger partial charge < -0.3 is 18.9 Å². The third-order valence-electron chi connectivity index (χ3n) is 4.36. The molecule has 0 amide bonds. The molecule has 1 aromatic carbocycles. The summed E-state index contributed by atoms with van der Waals surface area (Å²) >= 11 is 0. The van der Waals surface area contributed by atoms with Gasteiger partial charge in [-0.1, -0.05) is 12.5 Å². The molecule has 0 radical (unpaired) electrons. The van der Waals surface area contributed by atoms with Crippen LogP contribution >= 0.6 is 0 Å². The Hall–Kier alpha value is -2.83. The number of carbonyl (C=O) groups is 3. The molecule has 26 heavy (non-hydrogen) atoms. The molecular formula is C19H20O7. The molecule has 138 valence electrons. The standard InChI is InChI=1S/C19H20O7/c1-12(20)24-15-7-6-13(11-16(15)23-2)10-14-17(21)25-19(26-18(14)22)8-4-3-5-9-19/h6-7,10-11H,3-5,8-9H2,1-2H3. The number of rotatable bonds is 3. The largest absolute Gasteiger partial charge is 0.493 e. The van der Waals surface area contributed by atoms with Crippen LogP contribution in [-0.2, 0) is 23.9 Å². The SMILES string of the molecule is COc1cc(C=C2C(=O)OC3(CCCCC3)OC2=O)ccc1OC(C)=O. The van der Waals surface area contributed by atoms with Crippen molar-refractivity contribution in [3.63, 3.8) is 0 Å². The molecule has 2 aliphatic rings. The van der Waals surface area contributed by atoms with Gasteiger partial charge in [0.15, 0.2) is 11.5 Å². The Morgan fingerprint density at radius 3 is 2.31 bits per heavy atom. The lowest BCUT2D eigenvalue weighted by molar-refractivity contribution is -0.244. The predicted octanol–water partition coefficient (Wildman–Crippen LogP) is 2.76. The maximum absolute atomic E-state index is 12.4. The fourth-order valence-electron chi connectivity index (χ4n) is 3.14. The zero-order valence-electron chi connectivity index (χ0n) is 14.7. The minimum absolute atomic E-state index is 0.177. The summed E-state index contributed by atoms with van der Waals surface area (Å²) in [6.07, 6.45) is 5.18. The van der Waals surface area contributed by atoms with E-state index in [1.807, 2.05) is 0 Å². The Balaban J connectivity index is 1.84. The lowest BCUT2D eigenvalue weighted by Crippen LogP contribution is -2.47. The molecule has 7 heteroatoms. The van der Waals surface area contributed by atoms with Crippen LogP contribution in [0.4, 0.5) is 0 Å². The molecule has 1 aliphatic heterocycles. The first-order valence-corrected chi connectivity index (χ1v) is 8.47. The number of methoxy groups -OCH3 is 1. The zero-order chi connectivity index (χ0) is 18.7. The molecule has 1 spiro atoms. The molecule has 1 aliphatic carbocycles. The van der Waals surface area contributed by atoms with E-state index in [-0.39, 0.29) is 11.3 Å². The van der Waals surface area contributed by atoms with E-state index in [0.717, 1.165) is 19.3 Å². The highest BCUT2D eigenvalue weighted by molar-refractivity contribution is 6.18. The fraction of sp³-hybridized carbons (Fsp3) is 0.421.